The molecule has 1 aromatic carbocycles. The van der Waals surface area contributed by atoms with Gasteiger partial charge < -0.3 is 5.11 Å². The first-order valence-electron chi connectivity index (χ1n) is 5.12. The molecule has 1 aromatic rings. The molecule has 14 heavy (non-hydrogen) atoms. The van der Waals surface area contributed by atoms with Crippen LogP contribution in [0, 0.1) is 0 Å². The number of nitrogens with zero attached hydrogens (tertiary/aromatic N) is 1. The maximum Gasteiger partial charge on any atom is 0.124 e. The molecule has 0 spiro atoms. The van der Waals surface area contributed by atoms with Crippen molar-refractivity contribution in [1.82, 2.24) is 0 Å². The molecule has 0 saturated heterocycles. The van der Waals surface area contributed by atoms with Gasteiger partial charge in [-0.25, -0.2) is 0 Å². The predicted octanol–water partition coefficient (Wildman–Crippen LogP) is 3.00. The second-order valence-electron chi connectivity index (χ2n) is 3.30. The molecule has 0 aliphatic carbocycles. The molecule has 0 amide bonds. The Morgan fingerprint density at radius 2 is 2.07 bits per heavy atom. The van der Waals surface area contributed by atoms with Gasteiger partial charge in [-0.3, -0.25) is 4.99 Å². The van der Waals surface area contributed by atoms with Crippen molar-refractivity contribution in [3.8, 4) is 5.75 Å². The number of benzene rings is 1. The Hall–Kier alpha value is -1.31. The molecule has 0 atom stereocenters. The zero-order chi connectivity index (χ0) is 10.2. The van der Waals surface area contributed by atoms with E-state index in [0.717, 1.165) is 18.5 Å². The Morgan fingerprint density at radius 1 is 1.29 bits per heavy atom. The molecule has 0 aliphatic rings. The minimum Gasteiger partial charge on any atom is -0.507 e. The van der Waals surface area contributed by atoms with Gasteiger partial charge in [-0.15, -0.1) is 0 Å². The summed E-state index contributed by atoms with van der Waals surface area (Å²) in [4.78, 5) is 4.25. The summed E-state index contributed by atoms with van der Waals surface area (Å²) in [5, 5.41) is 9.42. The minimum absolute atomic E-state index is 0.298. The third kappa shape index (κ3) is 3.60. The SMILES string of the molecule is CCCCCN=Cc1ccccc1O. The molecule has 0 fully saturated rings. The average Bonchev–Trinajstić information content (AvgIpc) is 2.20. The molecule has 0 unspecified atom stereocenters. The van der Waals surface area contributed by atoms with E-state index in [4.69, 9.17) is 0 Å². The molecule has 2 nitrogen and oxygen atoms in total. The van der Waals surface area contributed by atoms with Gasteiger partial charge >= 0.3 is 0 Å². The van der Waals surface area contributed by atoms with Crippen molar-refractivity contribution in [2.75, 3.05) is 6.54 Å². The molecule has 76 valence electrons. The number of phenolic OH excluding ortho intramolecular Hbond substituents is 1. The van der Waals surface area contributed by atoms with Crippen LogP contribution >= 0.6 is 0 Å². The number of hydrogen-bond acceptors (Lipinski definition) is 2. The van der Waals surface area contributed by atoms with Crippen LogP contribution in [0.25, 0.3) is 0 Å². The van der Waals surface area contributed by atoms with Crippen LogP contribution in [-0.2, 0) is 0 Å². The monoisotopic (exact) mass is 191 g/mol. The fourth-order valence-corrected chi connectivity index (χ4v) is 1.21. The molecular weight excluding hydrogens is 174 g/mol. The maximum atomic E-state index is 9.42. The molecule has 2 heteroatoms. The van der Waals surface area contributed by atoms with Gasteiger partial charge in [0, 0.05) is 18.3 Å². The lowest BCUT2D eigenvalue weighted by Crippen LogP contribution is -1.85. The summed E-state index contributed by atoms with van der Waals surface area (Å²) < 4.78 is 0. The first-order chi connectivity index (χ1) is 6.84. The summed E-state index contributed by atoms with van der Waals surface area (Å²) in [6.07, 6.45) is 5.30. The Bertz CT molecular complexity index is 294. The van der Waals surface area contributed by atoms with E-state index in [-0.39, 0.29) is 0 Å². The summed E-state index contributed by atoms with van der Waals surface area (Å²) in [5.74, 6) is 0.298. The average molecular weight is 191 g/mol. The lowest BCUT2D eigenvalue weighted by Gasteiger charge is -1.96. The highest BCUT2D eigenvalue weighted by molar-refractivity contribution is 5.83. The van der Waals surface area contributed by atoms with Crippen molar-refractivity contribution in [1.29, 1.82) is 0 Å². The van der Waals surface area contributed by atoms with E-state index in [2.05, 4.69) is 11.9 Å². The fraction of sp³-hybridized carbons (Fsp3) is 0.417. The van der Waals surface area contributed by atoms with E-state index in [0.29, 0.717) is 5.75 Å². The minimum atomic E-state index is 0.298. The Morgan fingerprint density at radius 3 is 2.79 bits per heavy atom. The Kier molecular flexibility index (Phi) is 4.76. The van der Waals surface area contributed by atoms with Crippen LogP contribution in [0.3, 0.4) is 0 Å². The summed E-state index contributed by atoms with van der Waals surface area (Å²) >= 11 is 0. The van der Waals surface area contributed by atoms with Crippen LogP contribution < -0.4 is 0 Å². The van der Waals surface area contributed by atoms with Crippen LogP contribution in [-0.4, -0.2) is 17.9 Å². The zero-order valence-electron chi connectivity index (χ0n) is 8.61. The lowest BCUT2D eigenvalue weighted by atomic mass is 10.2. The molecule has 0 heterocycles. The van der Waals surface area contributed by atoms with Crippen molar-refractivity contribution in [3.05, 3.63) is 29.8 Å². The van der Waals surface area contributed by atoms with Gasteiger partial charge in [0.1, 0.15) is 5.75 Å². The molecule has 0 bridgehead atoms. The largest absolute Gasteiger partial charge is 0.507 e. The normalized spacial score (nSPS) is 10.9. The highest BCUT2D eigenvalue weighted by atomic mass is 16.3. The van der Waals surface area contributed by atoms with Crippen molar-refractivity contribution in [3.63, 3.8) is 0 Å². The van der Waals surface area contributed by atoms with Crippen molar-refractivity contribution in [2.45, 2.75) is 26.2 Å². The number of hydrogen-bond donors (Lipinski definition) is 1. The molecule has 0 aromatic heterocycles. The van der Waals surface area contributed by atoms with Crippen LogP contribution in [0.2, 0.25) is 0 Å². The second kappa shape index (κ2) is 6.19. The lowest BCUT2D eigenvalue weighted by molar-refractivity contribution is 0.474. The van der Waals surface area contributed by atoms with Gasteiger partial charge in [0.15, 0.2) is 0 Å². The maximum absolute atomic E-state index is 9.42. The molecule has 1 N–H and O–H groups in total. The number of para-hydroxylation sites is 1. The van der Waals surface area contributed by atoms with E-state index >= 15 is 0 Å². The van der Waals surface area contributed by atoms with Crippen molar-refractivity contribution in [2.24, 2.45) is 4.99 Å². The van der Waals surface area contributed by atoms with Crippen LogP contribution in [0.15, 0.2) is 29.3 Å². The van der Waals surface area contributed by atoms with E-state index in [1.54, 1.807) is 12.3 Å². The van der Waals surface area contributed by atoms with Gasteiger partial charge in [-0.1, -0.05) is 31.9 Å². The first-order valence-corrected chi connectivity index (χ1v) is 5.12. The first kappa shape index (κ1) is 10.8. The summed E-state index contributed by atoms with van der Waals surface area (Å²) in [5.41, 5.74) is 0.795. The predicted molar refractivity (Wildman–Crippen MR) is 60.1 cm³/mol. The van der Waals surface area contributed by atoms with Gasteiger partial charge in [0.2, 0.25) is 0 Å². The Balaban J connectivity index is 2.40. The standard InChI is InChI=1S/C12H17NO/c1-2-3-6-9-13-10-11-7-4-5-8-12(11)14/h4-5,7-8,10,14H,2-3,6,9H2,1H3. The van der Waals surface area contributed by atoms with Crippen LogP contribution in [0.5, 0.6) is 5.75 Å². The third-order valence-electron chi connectivity index (χ3n) is 2.06. The molecule has 0 aliphatic heterocycles. The molecule has 0 radical (unpaired) electrons. The van der Waals surface area contributed by atoms with E-state index in [9.17, 15) is 5.11 Å². The molecule has 0 saturated carbocycles. The van der Waals surface area contributed by atoms with Gasteiger partial charge in [-0.2, -0.15) is 0 Å². The van der Waals surface area contributed by atoms with Crippen LogP contribution in [0.4, 0.5) is 0 Å². The van der Waals surface area contributed by atoms with E-state index < -0.39 is 0 Å². The number of aliphatic imine (C=N–C) groups is 1. The van der Waals surface area contributed by atoms with Crippen molar-refractivity contribution < 1.29 is 5.11 Å². The topological polar surface area (TPSA) is 32.6 Å². The zero-order valence-corrected chi connectivity index (χ0v) is 8.61. The van der Waals surface area contributed by atoms with Gasteiger partial charge in [0.25, 0.3) is 0 Å². The second-order valence-corrected chi connectivity index (χ2v) is 3.30. The Labute approximate surface area is 85.3 Å². The summed E-state index contributed by atoms with van der Waals surface area (Å²) in [6.45, 7) is 3.02. The van der Waals surface area contributed by atoms with E-state index in [1.165, 1.54) is 12.8 Å². The summed E-state index contributed by atoms with van der Waals surface area (Å²) in [7, 11) is 0. The molecule has 1 rings (SSSR count). The number of aromatic hydroxyl groups is 1. The van der Waals surface area contributed by atoms with Crippen LogP contribution in [0.1, 0.15) is 31.7 Å². The number of phenols is 1. The number of rotatable bonds is 5. The highest BCUT2D eigenvalue weighted by Gasteiger charge is 1.93. The fourth-order valence-electron chi connectivity index (χ4n) is 1.21. The smallest absolute Gasteiger partial charge is 0.124 e. The van der Waals surface area contributed by atoms with Crippen molar-refractivity contribution >= 4 is 6.21 Å². The quantitative estimate of drug-likeness (QED) is 0.563. The highest BCUT2D eigenvalue weighted by Crippen LogP contribution is 2.12. The molecular formula is C12H17NO. The summed E-state index contributed by atoms with van der Waals surface area (Å²) in [6, 6.07) is 7.24. The third-order valence-corrected chi connectivity index (χ3v) is 2.06. The van der Waals surface area contributed by atoms with Gasteiger partial charge in [0.05, 0.1) is 0 Å². The van der Waals surface area contributed by atoms with E-state index in [1.807, 2.05) is 18.2 Å². The number of unbranched alkanes of at least 4 members (excludes halogenated alkanes) is 2. The van der Waals surface area contributed by atoms with Gasteiger partial charge in [-0.05, 0) is 18.6 Å².